The minimum Gasteiger partial charge on any atom is -0.399 e. The highest BCUT2D eigenvalue weighted by molar-refractivity contribution is 5.99. The number of carbonyl (C=O) groups excluding carboxylic acids is 1. The number of aromatic nitrogens is 1. The fourth-order valence-corrected chi connectivity index (χ4v) is 3.09. The molecule has 25 heavy (non-hydrogen) atoms. The summed E-state index contributed by atoms with van der Waals surface area (Å²) in [4.78, 5) is 23.4. The van der Waals surface area contributed by atoms with E-state index < -0.39 is 0 Å². The Hall–Kier alpha value is -2.73. The summed E-state index contributed by atoms with van der Waals surface area (Å²) in [5, 5.41) is 13.4. The standard InChI is InChI=1S/C19H21N3O3/c1-13-5-3-4-6-17(13)14-7-8-18(20-10-14)19(24)22-11-15(21-25-2)9-16(22)12-23/h3-8,10,16,23H,9,11-12H2,1-2H3/b21-15-/t16-/m0/s1. The molecule has 0 radical (unpaired) electrons. The predicted molar refractivity (Wildman–Crippen MR) is 95.4 cm³/mol. The number of amides is 1. The molecule has 6 heteroatoms. The van der Waals surface area contributed by atoms with Crippen molar-refractivity contribution in [3.8, 4) is 11.1 Å². The number of nitrogens with zero attached hydrogens (tertiary/aromatic N) is 3. The molecule has 0 spiro atoms. The van der Waals surface area contributed by atoms with Crippen molar-refractivity contribution in [3.05, 3.63) is 53.9 Å². The second kappa shape index (κ2) is 7.44. The van der Waals surface area contributed by atoms with Crippen LogP contribution in [0.4, 0.5) is 0 Å². The van der Waals surface area contributed by atoms with Gasteiger partial charge in [-0.2, -0.15) is 0 Å². The summed E-state index contributed by atoms with van der Waals surface area (Å²) in [5.41, 5.74) is 4.32. The van der Waals surface area contributed by atoms with Crippen LogP contribution >= 0.6 is 0 Å². The van der Waals surface area contributed by atoms with Crippen LogP contribution in [0.5, 0.6) is 0 Å². The van der Waals surface area contributed by atoms with Crippen molar-refractivity contribution in [2.45, 2.75) is 19.4 Å². The van der Waals surface area contributed by atoms with Crippen LogP contribution in [0.3, 0.4) is 0 Å². The Labute approximate surface area is 146 Å². The van der Waals surface area contributed by atoms with Crippen molar-refractivity contribution in [2.75, 3.05) is 20.3 Å². The zero-order valence-electron chi connectivity index (χ0n) is 14.3. The topological polar surface area (TPSA) is 75.0 Å². The fraction of sp³-hybridized carbons (Fsp3) is 0.316. The zero-order valence-corrected chi connectivity index (χ0v) is 14.3. The van der Waals surface area contributed by atoms with Gasteiger partial charge in [-0.3, -0.25) is 9.78 Å². The molecular formula is C19H21N3O3. The van der Waals surface area contributed by atoms with Crippen molar-refractivity contribution in [3.63, 3.8) is 0 Å². The summed E-state index contributed by atoms with van der Waals surface area (Å²) in [5.74, 6) is -0.211. The first-order valence-corrected chi connectivity index (χ1v) is 8.16. The minimum absolute atomic E-state index is 0.115. The Kier molecular flexibility index (Phi) is 5.09. The van der Waals surface area contributed by atoms with Crippen molar-refractivity contribution in [2.24, 2.45) is 5.16 Å². The maximum Gasteiger partial charge on any atom is 0.273 e. The summed E-state index contributed by atoms with van der Waals surface area (Å²) in [6.45, 7) is 2.27. The van der Waals surface area contributed by atoms with Gasteiger partial charge in [-0.05, 0) is 24.1 Å². The molecule has 1 atom stereocenters. The van der Waals surface area contributed by atoms with Gasteiger partial charge in [-0.15, -0.1) is 0 Å². The summed E-state index contributed by atoms with van der Waals surface area (Å²) >= 11 is 0. The van der Waals surface area contributed by atoms with E-state index in [9.17, 15) is 9.90 Å². The molecular weight excluding hydrogens is 318 g/mol. The second-order valence-corrected chi connectivity index (χ2v) is 6.06. The number of aliphatic hydroxyl groups excluding tert-OH is 1. The first-order chi connectivity index (χ1) is 12.1. The Bertz CT molecular complexity index is 787. The van der Waals surface area contributed by atoms with Crippen LogP contribution in [-0.2, 0) is 4.84 Å². The lowest BCUT2D eigenvalue weighted by Gasteiger charge is -2.21. The molecule has 1 aliphatic rings. The van der Waals surface area contributed by atoms with Gasteiger partial charge in [0.05, 0.1) is 24.9 Å². The fourth-order valence-electron chi connectivity index (χ4n) is 3.09. The highest BCUT2D eigenvalue weighted by atomic mass is 16.6. The second-order valence-electron chi connectivity index (χ2n) is 6.06. The number of carbonyl (C=O) groups is 1. The minimum atomic E-state index is -0.292. The van der Waals surface area contributed by atoms with E-state index in [-0.39, 0.29) is 18.6 Å². The lowest BCUT2D eigenvalue weighted by Crippen LogP contribution is -2.38. The molecule has 0 saturated carbocycles. The average Bonchev–Trinajstić information content (AvgIpc) is 3.05. The van der Waals surface area contributed by atoms with Crippen molar-refractivity contribution >= 4 is 11.6 Å². The van der Waals surface area contributed by atoms with Gasteiger partial charge in [-0.1, -0.05) is 35.5 Å². The van der Waals surface area contributed by atoms with Crippen molar-refractivity contribution in [1.29, 1.82) is 0 Å². The molecule has 1 aliphatic heterocycles. The van der Waals surface area contributed by atoms with Crippen LogP contribution in [0, 0.1) is 6.92 Å². The van der Waals surface area contributed by atoms with E-state index >= 15 is 0 Å². The van der Waals surface area contributed by atoms with E-state index in [0.717, 1.165) is 22.4 Å². The van der Waals surface area contributed by atoms with Gasteiger partial charge in [0.25, 0.3) is 5.91 Å². The third-order valence-electron chi connectivity index (χ3n) is 4.40. The number of aryl methyl sites for hydroxylation is 1. The molecule has 6 nitrogen and oxygen atoms in total. The lowest BCUT2D eigenvalue weighted by molar-refractivity contribution is 0.0674. The molecule has 1 aromatic carbocycles. The monoisotopic (exact) mass is 339 g/mol. The van der Waals surface area contributed by atoms with Gasteiger partial charge in [0.2, 0.25) is 0 Å². The Morgan fingerprint density at radius 3 is 2.80 bits per heavy atom. The van der Waals surface area contributed by atoms with Gasteiger partial charge < -0.3 is 14.8 Å². The van der Waals surface area contributed by atoms with Gasteiger partial charge in [-0.25, -0.2) is 0 Å². The van der Waals surface area contributed by atoms with Gasteiger partial charge >= 0.3 is 0 Å². The van der Waals surface area contributed by atoms with Gasteiger partial charge in [0, 0.05) is 18.2 Å². The lowest BCUT2D eigenvalue weighted by atomic mass is 10.0. The van der Waals surface area contributed by atoms with Crippen LogP contribution in [-0.4, -0.2) is 52.9 Å². The zero-order chi connectivity index (χ0) is 17.8. The Morgan fingerprint density at radius 2 is 2.16 bits per heavy atom. The van der Waals surface area contributed by atoms with E-state index in [1.54, 1.807) is 17.2 Å². The first-order valence-electron chi connectivity index (χ1n) is 8.16. The highest BCUT2D eigenvalue weighted by Crippen LogP contribution is 2.23. The van der Waals surface area contributed by atoms with Gasteiger partial charge in [0.1, 0.15) is 12.8 Å². The molecule has 0 bridgehead atoms. The maximum atomic E-state index is 12.7. The molecule has 0 aliphatic carbocycles. The SMILES string of the molecule is CO/N=C1/C[C@@H](CO)N(C(=O)c2ccc(-c3ccccc3C)cn2)C1. The Balaban J connectivity index is 1.81. The van der Waals surface area contributed by atoms with Crippen molar-refractivity contribution < 1.29 is 14.7 Å². The number of pyridine rings is 1. The molecule has 130 valence electrons. The summed E-state index contributed by atoms with van der Waals surface area (Å²) < 4.78 is 0. The molecule has 1 aromatic heterocycles. The molecule has 1 amide bonds. The maximum absolute atomic E-state index is 12.7. The molecule has 2 aromatic rings. The van der Waals surface area contributed by atoms with Gasteiger partial charge in [0.15, 0.2) is 0 Å². The van der Waals surface area contributed by atoms with E-state index in [1.807, 2.05) is 37.3 Å². The normalized spacial score (nSPS) is 18.6. The predicted octanol–water partition coefficient (Wildman–Crippen LogP) is 2.27. The molecule has 0 unspecified atom stereocenters. The van der Waals surface area contributed by atoms with Crippen LogP contribution in [0.2, 0.25) is 0 Å². The van der Waals surface area contributed by atoms with E-state index in [2.05, 4.69) is 10.1 Å². The number of oxime groups is 1. The van der Waals surface area contributed by atoms with E-state index in [4.69, 9.17) is 4.84 Å². The third kappa shape index (κ3) is 3.53. The van der Waals surface area contributed by atoms with Crippen LogP contribution in [0.1, 0.15) is 22.5 Å². The molecule has 1 saturated heterocycles. The number of aliphatic hydroxyl groups is 1. The number of likely N-dealkylation sites (tertiary alicyclic amines) is 1. The number of benzene rings is 1. The van der Waals surface area contributed by atoms with Crippen molar-refractivity contribution in [1.82, 2.24) is 9.88 Å². The van der Waals surface area contributed by atoms with E-state index in [0.29, 0.717) is 18.7 Å². The smallest absolute Gasteiger partial charge is 0.273 e. The Morgan fingerprint density at radius 1 is 1.36 bits per heavy atom. The molecule has 1 fully saturated rings. The summed E-state index contributed by atoms with van der Waals surface area (Å²) in [7, 11) is 1.47. The average molecular weight is 339 g/mol. The first kappa shape index (κ1) is 17.1. The molecule has 3 rings (SSSR count). The van der Waals surface area contributed by atoms with E-state index in [1.165, 1.54) is 7.11 Å². The summed E-state index contributed by atoms with van der Waals surface area (Å²) in [6, 6.07) is 11.4. The van der Waals surface area contributed by atoms with Crippen LogP contribution < -0.4 is 0 Å². The van der Waals surface area contributed by atoms with Crippen LogP contribution in [0.25, 0.3) is 11.1 Å². The molecule has 1 N–H and O–H groups in total. The number of rotatable bonds is 4. The highest BCUT2D eigenvalue weighted by Gasteiger charge is 2.33. The summed E-state index contributed by atoms with van der Waals surface area (Å²) in [6.07, 6.45) is 2.22. The largest absolute Gasteiger partial charge is 0.399 e. The van der Waals surface area contributed by atoms with Crippen LogP contribution in [0.15, 0.2) is 47.8 Å². The number of hydrogen-bond donors (Lipinski definition) is 1. The third-order valence-corrected chi connectivity index (χ3v) is 4.40. The quantitative estimate of drug-likeness (QED) is 0.867. The molecule has 2 heterocycles. The number of hydrogen-bond acceptors (Lipinski definition) is 5.